The normalized spacial score (nSPS) is 14.8. The van der Waals surface area contributed by atoms with Gasteiger partial charge in [0.15, 0.2) is 0 Å². The van der Waals surface area contributed by atoms with Crippen molar-refractivity contribution in [2.45, 2.75) is 6.04 Å². The number of nitrogens with one attached hydrogen (secondary N) is 3. The number of aryl methyl sites for hydroxylation is 1. The molecule has 11 nitrogen and oxygen atoms in total. The summed E-state index contributed by atoms with van der Waals surface area (Å²) in [6, 6.07) is 14.3. The molecule has 1 atom stereocenters. The van der Waals surface area contributed by atoms with E-state index in [1.165, 1.54) is 5.39 Å². The zero-order valence-electron chi connectivity index (χ0n) is 21.9. The lowest BCUT2D eigenvalue weighted by molar-refractivity contribution is -0.122. The Morgan fingerprint density at radius 2 is 2.02 bits per heavy atom. The van der Waals surface area contributed by atoms with Gasteiger partial charge in [0.2, 0.25) is 0 Å². The Morgan fingerprint density at radius 3 is 2.85 bits per heavy atom. The molecule has 1 aliphatic heterocycles. The van der Waals surface area contributed by atoms with Crippen molar-refractivity contribution in [1.29, 1.82) is 0 Å². The summed E-state index contributed by atoms with van der Waals surface area (Å²) in [6.45, 7) is 2.29. The molecule has 1 saturated heterocycles. The van der Waals surface area contributed by atoms with E-state index in [9.17, 15) is 4.79 Å². The van der Waals surface area contributed by atoms with E-state index in [0.717, 1.165) is 39.9 Å². The molecule has 2 aromatic carbocycles. The van der Waals surface area contributed by atoms with E-state index in [2.05, 4.69) is 65.9 Å². The number of morpholine rings is 1. The summed E-state index contributed by atoms with van der Waals surface area (Å²) in [5.41, 5.74) is 6.61. The average molecular weight is 540 g/mol. The molecule has 1 unspecified atom stereocenters. The highest BCUT2D eigenvalue weighted by molar-refractivity contribution is 6.01. The first-order valence-corrected chi connectivity index (χ1v) is 12.8. The van der Waals surface area contributed by atoms with E-state index < -0.39 is 0 Å². The number of fused-ring (bicyclic) bond motifs is 2. The van der Waals surface area contributed by atoms with Crippen LogP contribution in [-0.2, 0) is 16.6 Å². The number of rotatable bonds is 6. The largest absolute Gasteiger partial charge is 0.483 e. The Bertz CT molecular complexity index is 1650. The summed E-state index contributed by atoms with van der Waals surface area (Å²) in [5, 5.41) is 17.8. The SMILES string of the molecule is Cn1ccc2ccc(-c3cc(Nc4cnccc4C(=O)NCC4COCCN4)cc4nccnc34)cc21.O=CO. The zero-order valence-corrected chi connectivity index (χ0v) is 21.9. The van der Waals surface area contributed by atoms with Crippen molar-refractivity contribution in [1.82, 2.24) is 30.2 Å². The molecule has 204 valence electrons. The third kappa shape index (κ3) is 5.90. The van der Waals surface area contributed by atoms with Crippen LogP contribution in [0.3, 0.4) is 0 Å². The maximum Gasteiger partial charge on any atom is 0.290 e. The van der Waals surface area contributed by atoms with Gasteiger partial charge >= 0.3 is 0 Å². The van der Waals surface area contributed by atoms with Gasteiger partial charge in [-0.15, -0.1) is 0 Å². The van der Waals surface area contributed by atoms with Crippen LogP contribution < -0.4 is 16.0 Å². The third-order valence-corrected chi connectivity index (χ3v) is 6.63. The molecule has 0 saturated carbocycles. The summed E-state index contributed by atoms with van der Waals surface area (Å²) < 4.78 is 7.58. The first kappa shape index (κ1) is 26.7. The molecule has 1 fully saturated rings. The number of anilines is 2. The molecule has 0 spiro atoms. The van der Waals surface area contributed by atoms with Gasteiger partial charge in [0.05, 0.1) is 41.7 Å². The number of carbonyl (C=O) groups excluding carboxylic acids is 1. The molecule has 4 N–H and O–H groups in total. The molecule has 4 heterocycles. The summed E-state index contributed by atoms with van der Waals surface area (Å²) in [4.78, 5) is 34.8. The second-order valence-electron chi connectivity index (χ2n) is 9.24. The van der Waals surface area contributed by atoms with E-state index in [0.29, 0.717) is 31.0 Å². The highest BCUT2D eigenvalue weighted by Gasteiger charge is 2.17. The molecule has 0 bridgehead atoms. The lowest BCUT2D eigenvalue weighted by atomic mass is 10.0. The van der Waals surface area contributed by atoms with E-state index in [1.54, 1.807) is 30.9 Å². The minimum absolute atomic E-state index is 0.0964. The first-order valence-electron chi connectivity index (χ1n) is 12.8. The number of amides is 1. The first-order chi connectivity index (χ1) is 19.6. The number of nitrogens with zero attached hydrogens (tertiary/aromatic N) is 4. The van der Waals surface area contributed by atoms with Gasteiger partial charge in [0.25, 0.3) is 12.4 Å². The summed E-state index contributed by atoms with van der Waals surface area (Å²) in [6.07, 6.45) is 8.72. The Labute approximate surface area is 230 Å². The smallest absolute Gasteiger partial charge is 0.290 e. The number of aromatic nitrogens is 4. The fourth-order valence-corrected chi connectivity index (χ4v) is 4.71. The minimum Gasteiger partial charge on any atom is -0.483 e. The minimum atomic E-state index is -0.250. The molecule has 3 aromatic heterocycles. The van der Waals surface area contributed by atoms with Gasteiger partial charge in [0, 0.05) is 67.7 Å². The molecule has 11 heteroatoms. The quantitative estimate of drug-likeness (QED) is 0.239. The molecule has 1 amide bonds. The van der Waals surface area contributed by atoms with Crippen molar-refractivity contribution in [3.8, 4) is 11.1 Å². The van der Waals surface area contributed by atoms with Crippen molar-refractivity contribution in [3.05, 3.63) is 79.0 Å². The van der Waals surface area contributed by atoms with Gasteiger partial charge in [0.1, 0.15) is 0 Å². The molecular weight excluding hydrogens is 510 g/mol. The number of benzene rings is 2. The van der Waals surface area contributed by atoms with Crippen molar-refractivity contribution < 1.29 is 19.4 Å². The van der Waals surface area contributed by atoms with Gasteiger partial charge in [-0.2, -0.15) is 0 Å². The summed E-state index contributed by atoms with van der Waals surface area (Å²) in [5.74, 6) is -0.174. The summed E-state index contributed by atoms with van der Waals surface area (Å²) in [7, 11) is 2.04. The van der Waals surface area contributed by atoms with Crippen molar-refractivity contribution in [2.75, 3.05) is 31.6 Å². The van der Waals surface area contributed by atoms with Gasteiger partial charge in [-0.3, -0.25) is 24.5 Å². The second-order valence-corrected chi connectivity index (χ2v) is 9.24. The Hall–Kier alpha value is -4.87. The van der Waals surface area contributed by atoms with Gasteiger partial charge in [-0.05, 0) is 41.3 Å². The Morgan fingerprint density at radius 1 is 1.18 bits per heavy atom. The molecule has 0 aliphatic carbocycles. The van der Waals surface area contributed by atoms with E-state index in [-0.39, 0.29) is 18.4 Å². The van der Waals surface area contributed by atoms with Crippen molar-refractivity contribution in [2.24, 2.45) is 7.05 Å². The molecule has 40 heavy (non-hydrogen) atoms. The zero-order chi connectivity index (χ0) is 27.9. The standard InChI is InChI=1S/C28H27N7O2.CH2O2/c1-35-10-5-18-2-3-19(12-26(18)35)23-13-20(14-24-27(23)32-8-7-31-24)34-25-16-29-6-4-22(25)28(36)33-15-21-17-37-11-9-30-21;2-1-3/h2-8,10,12-14,16,21,30,34H,9,11,15,17H2,1H3,(H,33,36);1H,(H,2,3). The van der Waals surface area contributed by atoms with Crippen molar-refractivity contribution >= 4 is 45.7 Å². The number of pyridine rings is 1. The van der Waals surface area contributed by atoms with Gasteiger partial charge < -0.3 is 30.4 Å². The fraction of sp³-hybridized carbons (Fsp3) is 0.207. The fourth-order valence-electron chi connectivity index (χ4n) is 4.71. The molecular formula is C29H29N7O4. The lowest BCUT2D eigenvalue weighted by Gasteiger charge is -2.24. The Balaban J connectivity index is 0.00000103. The van der Waals surface area contributed by atoms with Crippen LogP contribution in [0.1, 0.15) is 10.4 Å². The van der Waals surface area contributed by atoms with Crippen LogP contribution in [-0.4, -0.2) is 69.4 Å². The number of ether oxygens (including phenoxy) is 1. The maximum absolute atomic E-state index is 13.1. The average Bonchev–Trinajstić information content (AvgIpc) is 3.36. The molecule has 1 aliphatic rings. The highest BCUT2D eigenvalue weighted by atomic mass is 16.5. The van der Waals surface area contributed by atoms with Gasteiger partial charge in [-0.25, -0.2) is 0 Å². The van der Waals surface area contributed by atoms with Gasteiger partial charge in [-0.1, -0.05) is 12.1 Å². The number of hydrogen-bond donors (Lipinski definition) is 4. The summed E-state index contributed by atoms with van der Waals surface area (Å²) >= 11 is 0. The van der Waals surface area contributed by atoms with Crippen LogP contribution >= 0.6 is 0 Å². The van der Waals surface area contributed by atoms with Crippen molar-refractivity contribution in [3.63, 3.8) is 0 Å². The number of carbonyl (C=O) groups is 2. The molecule has 0 radical (unpaired) electrons. The monoisotopic (exact) mass is 539 g/mol. The molecule has 5 aromatic rings. The van der Waals surface area contributed by atoms with Crippen LogP contribution in [0.4, 0.5) is 11.4 Å². The van der Waals surface area contributed by atoms with E-state index in [1.807, 2.05) is 19.2 Å². The van der Waals surface area contributed by atoms with Crippen LogP contribution in [0.5, 0.6) is 0 Å². The number of carboxylic acid groups (broad SMARTS) is 1. The van der Waals surface area contributed by atoms with Crippen LogP contribution in [0.15, 0.2) is 73.4 Å². The third-order valence-electron chi connectivity index (χ3n) is 6.63. The van der Waals surface area contributed by atoms with Crippen LogP contribution in [0, 0.1) is 0 Å². The van der Waals surface area contributed by atoms with E-state index >= 15 is 0 Å². The highest BCUT2D eigenvalue weighted by Crippen LogP contribution is 2.33. The Kier molecular flexibility index (Phi) is 8.24. The predicted molar refractivity (Wildman–Crippen MR) is 153 cm³/mol. The second kappa shape index (κ2) is 12.3. The van der Waals surface area contributed by atoms with Crippen LogP contribution in [0.2, 0.25) is 0 Å². The molecule has 6 rings (SSSR count). The maximum atomic E-state index is 13.1. The topological polar surface area (TPSA) is 143 Å². The number of hydrogen-bond acceptors (Lipinski definition) is 8. The van der Waals surface area contributed by atoms with E-state index in [4.69, 9.17) is 14.6 Å². The predicted octanol–water partition coefficient (Wildman–Crippen LogP) is 3.35. The lowest BCUT2D eigenvalue weighted by Crippen LogP contribution is -2.48. The van der Waals surface area contributed by atoms with Crippen LogP contribution in [0.25, 0.3) is 33.1 Å².